The Labute approximate surface area is 113 Å². The molecule has 1 rings (SSSR count). The fourth-order valence-electron chi connectivity index (χ4n) is 1.28. The molecule has 0 aliphatic heterocycles. The molecule has 0 saturated heterocycles. The van der Waals surface area contributed by atoms with Gasteiger partial charge in [-0.15, -0.1) is 6.58 Å². The summed E-state index contributed by atoms with van der Waals surface area (Å²) in [5.41, 5.74) is 0.337. The molecule has 6 nitrogen and oxygen atoms in total. The summed E-state index contributed by atoms with van der Waals surface area (Å²) in [6.07, 6.45) is 3.47. The first-order valence-electron chi connectivity index (χ1n) is 5.41. The zero-order valence-corrected chi connectivity index (χ0v) is 11.7. The van der Waals surface area contributed by atoms with Crippen molar-refractivity contribution in [2.45, 2.75) is 13.0 Å². The van der Waals surface area contributed by atoms with Crippen LogP contribution in [0.2, 0.25) is 0 Å². The molecule has 1 amide bonds. The highest BCUT2D eigenvalue weighted by molar-refractivity contribution is 9.10. The number of hydrogen-bond donors (Lipinski definition) is 2. The SMILES string of the molecule is C=CCn1ncc(NCCC(=O)NC)c(Br)c1=O. The standard InChI is InChI=1S/C11H15BrN4O2/c1-3-6-16-11(18)10(12)8(7-15-16)14-5-4-9(17)13-2/h3,7,14H,1,4-6H2,2H3,(H,13,17). The molecule has 1 aromatic rings. The molecule has 18 heavy (non-hydrogen) atoms. The zero-order valence-electron chi connectivity index (χ0n) is 10.1. The van der Waals surface area contributed by atoms with Crippen molar-refractivity contribution in [2.75, 3.05) is 18.9 Å². The predicted octanol–water partition coefficient (Wildman–Crippen LogP) is 0.740. The van der Waals surface area contributed by atoms with Crippen LogP contribution >= 0.6 is 15.9 Å². The second-order valence-corrected chi connectivity index (χ2v) is 4.29. The highest BCUT2D eigenvalue weighted by Crippen LogP contribution is 2.15. The molecule has 0 saturated carbocycles. The molecule has 98 valence electrons. The second kappa shape index (κ2) is 6.95. The Morgan fingerprint density at radius 2 is 2.39 bits per heavy atom. The van der Waals surface area contributed by atoms with Gasteiger partial charge in [0.05, 0.1) is 18.4 Å². The van der Waals surface area contributed by atoms with Gasteiger partial charge in [-0.3, -0.25) is 9.59 Å². The topological polar surface area (TPSA) is 76.0 Å². The number of carbonyl (C=O) groups is 1. The third-order valence-electron chi connectivity index (χ3n) is 2.23. The molecule has 0 aliphatic carbocycles. The van der Waals surface area contributed by atoms with Crippen LogP contribution in [-0.4, -0.2) is 29.3 Å². The number of anilines is 1. The van der Waals surface area contributed by atoms with Gasteiger partial charge in [-0.05, 0) is 15.9 Å². The summed E-state index contributed by atoms with van der Waals surface area (Å²) in [5.74, 6) is -0.0634. The van der Waals surface area contributed by atoms with E-state index in [-0.39, 0.29) is 11.5 Å². The lowest BCUT2D eigenvalue weighted by Gasteiger charge is -2.09. The lowest BCUT2D eigenvalue weighted by Crippen LogP contribution is -2.25. The highest BCUT2D eigenvalue weighted by Gasteiger charge is 2.08. The van der Waals surface area contributed by atoms with Crippen molar-refractivity contribution in [2.24, 2.45) is 0 Å². The minimum Gasteiger partial charge on any atom is -0.382 e. The molecule has 0 spiro atoms. The van der Waals surface area contributed by atoms with Gasteiger partial charge in [-0.1, -0.05) is 6.08 Å². The molecule has 0 unspecified atom stereocenters. The third kappa shape index (κ3) is 3.69. The highest BCUT2D eigenvalue weighted by atomic mass is 79.9. The van der Waals surface area contributed by atoms with Crippen LogP contribution in [0.25, 0.3) is 0 Å². The summed E-state index contributed by atoms with van der Waals surface area (Å²) in [5, 5.41) is 9.49. The summed E-state index contributed by atoms with van der Waals surface area (Å²) in [6.45, 7) is 4.34. The van der Waals surface area contributed by atoms with Gasteiger partial charge in [0.1, 0.15) is 4.47 Å². The average molecular weight is 315 g/mol. The van der Waals surface area contributed by atoms with Crippen molar-refractivity contribution < 1.29 is 4.79 Å². The maximum Gasteiger partial charge on any atom is 0.283 e. The number of rotatable bonds is 6. The molecule has 7 heteroatoms. The second-order valence-electron chi connectivity index (χ2n) is 3.50. The number of amides is 1. The van der Waals surface area contributed by atoms with Crippen molar-refractivity contribution in [1.82, 2.24) is 15.1 Å². The molecule has 0 radical (unpaired) electrons. The largest absolute Gasteiger partial charge is 0.382 e. The first-order valence-corrected chi connectivity index (χ1v) is 6.20. The Morgan fingerprint density at radius 3 is 3.00 bits per heavy atom. The van der Waals surface area contributed by atoms with E-state index in [1.54, 1.807) is 19.3 Å². The molecule has 0 fully saturated rings. The fourth-order valence-corrected chi connectivity index (χ4v) is 1.72. The van der Waals surface area contributed by atoms with Gasteiger partial charge in [-0.25, -0.2) is 4.68 Å². The molecule has 1 aromatic heterocycles. The van der Waals surface area contributed by atoms with Crippen molar-refractivity contribution in [3.05, 3.63) is 33.7 Å². The number of allylic oxidation sites excluding steroid dienone is 1. The van der Waals surface area contributed by atoms with Crippen LogP contribution in [0.4, 0.5) is 5.69 Å². The lowest BCUT2D eigenvalue weighted by atomic mass is 10.3. The van der Waals surface area contributed by atoms with E-state index in [1.165, 1.54) is 4.68 Å². The summed E-state index contributed by atoms with van der Waals surface area (Å²) in [7, 11) is 1.58. The van der Waals surface area contributed by atoms with Gasteiger partial charge in [0.25, 0.3) is 5.56 Å². The average Bonchev–Trinajstić information content (AvgIpc) is 2.37. The van der Waals surface area contributed by atoms with E-state index in [0.29, 0.717) is 29.7 Å². The van der Waals surface area contributed by atoms with E-state index in [4.69, 9.17) is 0 Å². The van der Waals surface area contributed by atoms with Gasteiger partial charge >= 0.3 is 0 Å². The van der Waals surface area contributed by atoms with Crippen LogP contribution in [0.15, 0.2) is 28.1 Å². The van der Waals surface area contributed by atoms with E-state index < -0.39 is 0 Å². The first-order chi connectivity index (χ1) is 8.60. The van der Waals surface area contributed by atoms with E-state index in [2.05, 4.69) is 38.2 Å². The van der Waals surface area contributed by atoms with Gasteiger partial charge in [0, 0.05) is 20.0 Å². The van der Waals surface area contributed by atoms with Crippen LogP contribution in [0, 0.1) is 0 Å². The van der Waals surface area contributed by atoms with Gasteiger partial charge in [-0.2, -0.15) is 5.10 Å². The summed E-state index contributed by atoms with van der Waals surface area (Å²) >= 11 is 3.21. The van der Waals surface area contributed by atoms with Gasteiger partial charge in [0.2, 0.25) is 5.91 Å². The van der Waals surface area contributed by atoms with Gasteiger partial charge in [0.15, 0.2) is 0 Å². The Hall–Kier alpha value is -1.63. The van der Waals surface area contributed by atoms with Crippen LogP contribution in [0.1, 0.15) is 6.42 Å². The normalized spacial score (nSPS) is 9.89. The number of hydrogen-bond acceptors (Lipinski definition) is 4. The molecule has 0 aliphatic rings. The molecular weight excluding hydrogens is 300 g/mol. The molecule has 0 aromatic carbocycles. The Bertz CT molecular complexity index is 498. The summed E-state index contributed by atoms with van der Waals surface area (Å²) < 4.78 is 1.69. The number of nitrogens with zero attached hydrogens (tertiary/aromatic N) is 2. The third-order valence-corrected chi connectivity index (χ3v) is 3.00. The maximum atomic E-state index is 11.8. The monoisotopic (exact) mass is 314 g/mol. The van der Waals surface area contributed by atoms with Crippen LogP contribution in [-0.2, 0) is 11.3 Å². The smallest absolute Gasteiger partial charge is 0.283 e. The van der Waals surface area contributed by atoms with Crippen LogP contribution in [0.5, 0.6) is 0 Å². The van der Waals surface area contributed by atoms with E-state index in [9.17, 15) is 9.59 Å². The number of aromatic nitrogens is 2. The molecule has 0 bridgehead atoms. The maximum absolute atomic E-state index is 11.8. The van der Waals surface area contributed by atoms with Crippen LogP contribution in [0.3, 0.4) is 0 Å². The van der Waals surface area contributed by atoms with E-state index >= 15 is 0 Å². The van der Waals surface area contributed by atoms with Gasteiger partial charge < -0.3 is 10.6 Å². The lowest BCUT2D eigenvalue weighted by molar-refractivity contribution is -0.120. The molecule has 1 heterocycles. The van der Waals surface area contributed by atoms with E-state index in [0.717, 1.165) is 0 Å². The van der Waals surface area contributed by atoms with Crippen LogP contribution < -0.4 is 16.2 Å². The van der Waals surface area contributed by atoms with Crippen molar-refractivity contribution in [3.63, 3.8) is 0 Å². The Morgan fingerprint density at radius 1 is 1.67 bits per heavy atom. The fraction of sp³-hybridized carbons (Fsp3) is 0.364. The number of carbonyl (C=O) groups excluding carboxylic acids is 1. The van der Waals surface area contributed by atoms with Crippen molar-refractivity contribution in [3.8, 4) is 0 Å². The van der Waals surface area contributed by atoms with Crippen molar-refractivity contribution >= 4 is 27.5 Å². The molecule has 0 atom stereocenters. The Balaban J connectivity index is 2.73. The minimum absolute atomic E-state index is 0.0634. The summed E-state index contributed by atoms with van der Waals surface area (Å²) in [4.78, 5) is 22.9. The number of nitrogens with one attached hydrogen (secondary N) is 2. The molecular formula is C11H15BrN4O2. The molecule has 2 N–H and O–H groups in total. The zero-order chi connectivity index (χ0) is 13.5. The Kier molecular flexibility index (Phi) is 5.57. The predicted molar refractivity (Wildman–Crippen MR) is 73.6 cm³/mol. The first kappa shape index (κ1) is 14.4. The van der Waals surface area contributed by atoms with E-state index in [1.807, 2.05) is 0 Å². The quantitative estimate of drug-likeness (QED) is 0.759. The number of halogens is 1. The minimum atomic E-state index is -0.236. The summed E-state index contributed by atoms with van der Waals surface area (Å²) in [6, 6.07) is 0. The van der Waals surface area contributed by atoms with Crippen molar-refractivity contribution in [1.29, 1.82) is 0 Å².